The van der Waals surface area contributed by atoms with Gasteiger partial charge in [-0.25, -0.2) is 4.79 Å². The molecule has 33 heavy (non-hydrogen) atoms. The van der Waals surface area contributed by atoms with Crippen LogP contribution in [0.3, 0.4) is 0 Å². The van der Waals surface area contributed by atoms with E-state index in [4.69, 9.17) is 9.84 Å². The Morgan fingerprint density at radius 2 is 1.70 bits per heavy atom. The van der Waals surface area contributed by atoms with Crippen LogP contribution in [0.15, 0.2) is 24.3 Å². The Hall–Kier alpha value is -1.59. The number of carbonyl (C=O) groups excluding carboxylic acids is 1. The molecule has 2 bridgehead atoms. The molecule has 2 N–H and O–H groups in total. The number of esters is 1. The Morgan fingerprint density at radius 3 is 2.12 bits per heavy atom. The molecule has 4 aliphatic rings. The number of carbonyl (C=O) groups is 1. The maximum atomic E-state index is 10.9. The molecule has 2 saturated carbocycles. The molecule has 0 amide bonds. The van der Waals surface area contributed by atoms with Crippen LogP contribution in [-0.4, -0.2) is 40.6 Å². The summed E-state index contributed by atoms with van der Waals surface area (Å²) in [6, 6.07) is 6.24. The van der Waals surface area contributed by atoms with Crippen LogP contribution in [0.2, 0.25) is 0 Å². The van der Waals surface area contributed by atoms with Crippen LogP contribution in [0.5, 0.6) is 5.75 Å². The lowest BCUT2D eigenvalue weighted by Crippen LogP contribution is -2.53. The first-order valence-corrected chi connectivity index (χ1v) is 12.6. The Bertz CT molecular complexity index is 746. The van der Waals surface area contributed by atoms with Gasteiger partial charge in [-0.05, 0) is 95.1 Å². The number of para-hydroxylation sites is 1. The van der Waals surface area contributed by atoms with Crippen LogP contribution in [0.25, 0.3) is 0 Å². The largest absolute Gasteiger partial charge is 0.507 e. The zero-order valence-electron chi connectivity index (χ0n) is 21.8. The second kappa shape index (κ2) is 11.7. The Labute approximate surface area is 200 Å². The summed E-state index contributed by atoms with van der Waals surface area (Å²) in [6.45, 7) is 13.4. The lowest BCUT2D eigenvalue weighted by Gasteiger charge is -2.54. The van der Waals surface area contributed by atoms with E-state index < -0.39 is 5.97 Å². The van der Waals surface area contributed by atoms with Gasteiger partial charge in [0, 0.05) is 0 Å². The molecule has 0 spiro atoms. The van der Waals surface area contributed by atoms with E-state index in [2.05, 4.69) is 46.3 Å². The smallest absolute Gasteiger partial charge is 0.341 e. The number of methoxy groups -OCH3 is 1. The van der Waals surface area contributed by atoms with Gasteiger partial charge in [0.15, 0.2) is 0 Å². The van der Waals surface area contributed by atoms with Crippen molar-refractivity contribution in [3.05, 3.63) is 29.8 Å². The van der Waals surface area contributed by atoms with E-state index >= 15 is 0 Å². The maximum Gasteiger partial charge on any atom is 0.341 e. The van der Waals surface area contributed by atoms with Gasteiger partial charge in [-0.3, -0.25) is 0 Å². The molecule has 1 aromatic rings. The highest BCUT2D eigenvalue weighted by Gasteiger charge is 2.48. The number of aliphatic hydroxyl groups is 1. The first kappa shape index (κ1) is 27.7. The van der Waals surface area contributed by atoms with Crippen molar-refractivity contribution in [3.8, 4) is 5.75 Å². The van der Waals surface area contributed by atoms with Crippen molar-refractivity contribution in [2.24, 2.45) is 23.7 Å². The molecule has 2 heterocycles. The predicted octanol–water partition coefficient (Wildman–Crippen LogP) is 6.36. The molecule has 0 aromatic heterocycles. The highest BCUT2D eigenvalue weighted by atomic mass is 16.5. The first-order chi connectivity index (χ1) is 15.4. The van der Waals surface area contributed by atoms with E-state index in [1.54, 1.807) is 12.1 Å². The fourth-order valence-corrected chi connectivity index (χ4v) is 5.65. The monoisotopic (exact) mass is 462 g/mol. The number of phenolic OH excluding ortho intramolecular Hbond substituents is 1. The number of hydrogen-bond acceptors (Lipinski definition) is 5. The molecule has 2 aliphatic carbocycles. The van der Waals surface area contributed by atoms with Crippen LogP contribution in [0.1, 0.15) is 96.8 Å². The topological polar surface area (TPSA) is 76.0 Å². The van der Waals surface area contributed by atoms with Crippen molar-refractivity contribution in [1.82, 2.24) is 0 Å². The first-order valence-electron chi connectivity index (χ1n) is 12.6. The van der Waals surface area contributed by atoms with Gasteiger partial charge in [0.2, 0.25) is 0 Å². The minimum Gasteiger partial charge on any atom is -0.507 e. The minimum atomic E-state index is -0.525. The molecule has 5 nitrogen and oxygen atoms in total. The second-order valence-corrected chi connectivity index (χ2v) is 11.3. The molecule has 0 radical (unpaired) electrons. The van der Waals surface area contributed by atoms with Crippen molar-refractivity contribution in [2.75, 3.05) is 7.11 Å². The number of aromatic hydroxyl groups is 1. The number of hydrogen-bond donors (Lipinski definition) is 2. The van der Waals surface area contributed by atoms with Gasteiger partial charge in [0.05, 0.1) is 24.4 Å². The molecule has 188 valence electrons. The molecule has 2 saturated heterocycles. The summed E-state index contributed by atoms with van der Waals surface area (Å²) in [7, 11) is 1.27. The highest BCUT2D eigenvalue weighted by molar-refractivity contribution is 5.92. The van der Waals surface area contributed by atoms with Crippen molar-refractivity contribution >= 4 is 5.97 Å². The summed E-state index contributed by atoms with van der Waals surface area (Å²) >= 11 is 0. The van der Waals surface area contributed by atoms with Gasteiger partial charge in [-0.15, -0.1) is 0 Å². The van der Waals surface area contributed by atoms with Crippen molar-refractivity contribution < 1.29 is 24.5 Å². The zero-order chi connectivity index (χ0) is 24.8. The summed E-state index contributed by atoms with van der Waals surface area (Å²) in [5, 5.41) is 18.8. The standard InChI is InChI=1S/C10H18O.C10H20O.C8H8O3/c1-9(2)8-4-6-10(3,11-9)7-5-8;1-7(2)9-5-4-8(3)6-10(9)11;1-11-8(10)6-4-2-3-5-7(6)9/h8H,4-7H2,1-3H3;7-11H,4-6H2,1-3H3;2-5,9H,1H3/t;8-,9+,10-;/m.1./s1. The quantitative estimate of drug-likeness (QED) is 0.500. The predicted molar refractivity (Wildman–Crippen MR) is 132 cm³/mol. The zero-order valence-corrected chi connectivity index (χ0v) is 21.8. The van der Waals surface area contributed by atoms with E-state index in [1.165, 1.54) is 57.8 Å². The summed E-state index contributed by atoms with van der Waals surface area (Å²) in [6.07, 6.45) is 8.83. The van der Waals surface area contributed by atoms with Crippen LogP contribution in [-0.2, 0) is 9.47 Å². The normalized spacial score (nSPS) is 32.2. The third-order valence-electron chi connectivity index (χ3n) is 7.83. The highest BCUT2D eigenvalue weighted by Crippen LogP contribution is 2.49. The van der Waals surface area contributed by atoms with Crippen LogP contribution < -0.4 is 0 Å². The number of fused-ring (bicyclic) bond motifs is 3. The summed E-state index contributed by atoms with van der Waals surface area (Å²) in [5.74, 6) is 2.19. The van der Waals surface area contributed by atoms with Gasteiger partial charge in [0.1, 0.15) is 11.3 Å². The van der Waals surface area contributed by atoms with Crippen molar-refractivity contribution in [1.29, 1.82) is 0 Å². The maximum absolute atomic E-state index is 10.9. The number of phenols is 1. The number of benzene rings is 1. The van der Waals surface area contributed by atoms with Gasteiger partial charge >= 0.3 is 5.97 Å². The third kappa shape index (κ3) is 7.71. The van der Waals surface area contributed by atoms with E-state index in [-0.39, 0.29) is 28.6 Å². The molecular formula is C28H46O5. The summed E-state index contributed by atoms with van der Waals surface area (Å²) in [5.41, 5.74) is 0.568. The lowest BCUT2D eigenvalue weighted by atomic mass is 9.69. The molecule has 5 rings (SSSR count). The molecule has 2 aliphatic heterocycles. The second-order valence-electron chi connectivity index (χ2n) is 11.3. The van der Waals surface area contributed by atoms with E-state index in [0.29, 0.717) is 11.8 Å². The van der Waals surface area contributed by atoms with E-state index in [1.807, 2.05) is 0 Å². The average molecular weight is 463 g/mol. The SMILES string of the molecule is CC(C)[C@@H]1CC[C@@H](C)C[C@H]1O.CC12CCC(CC1)C(C)(C)O2.COC(=O)c1ccccc1O. The number of aliphatic hydroxyl groups excluding tert-OH is 1. The molecule has 1 aromatic carbocycles. The van der Waals surface area contributed by atoms with Crippen LogP contribution in [0, 0.1) is 23.7 Å². The van der Waals surface area contributed by atoms with E-state index in [9.17, 15) is 9.90 Å². The summed E-state index contributed by atoms with van der Waals surface area (Å²) < 4.78 is 10.5. The van der Waals surface area contributed by atoms with E-state index in [0.717, 1.165) is 18.3 Å². The Morgan fingerprint density at radius 1 is 1.09 bits per heavy atom. The average Bonchev–Trinajstić information content (AvgIpc) is 2.73. The van der Waals surface area contributed by atoms with Crippen molar-refractivity contribution in [2.45, 2.75) is 104 Å². The van der Waals surface area contributed by atoms with Crippen LogP contribution in [0.4, 0.5) is 0 Å². The lowest BCUT2D eigenvalue weighted by molar-refractivity contribution is -0.229. The molecule has 5 heteroatoms. The minimum absolute atomic E-state index is 0.0289. The van der Waals surface area contributed by atoms with Gasteiger partial charge in [-0.2, -0.15) is 0 Å². The number of ether oxygens (including phenoxy) is 2. The molecule has 4 fully saturated rings. The van der Waals surface area contributed by atoms with Gasteiger partial charge in [0.25, 0.3) is 0 Å². The fourth-order valence-electron chi connectivity index (χ4n) is 5.65. The summed E-state index contributed by atoms with van der Waals surface area (Å²) in [4.78, 5) is 10.9. The molecule has 3 atom stereocenters. The molecular weight excluding hydrogens is 416 g/mol. The van der Waals surface area contributed by atoms with Gasteiger partial charge in [-0.1, -0.05) is 39.3 Å². The fraction of sp³-hybridized carbons (Fsp3) is 0.750. The third-order valence-corrected chi connectivity index (χ3v) is 7.83. The Balaban J connectivity index is 0.000000175. The number of rotatable bonds is 2. The van der Waals surface area contributed by atoms with Crippen molar-refractivity contribution in [3.63, 3.8) is 0 Å². The van der Waals surface area contributed by atoms with Crippen LogP contribution >= 0.6 is 0 Å². The van der Waals surface area contributed by atoms with Gasteiger partial charge < -0.3 is 19.7 Å². The Kier molecular flexibility index (Phi) is 9.81. The molecule has 0 unspecified atom stereocenters.